The molecule has 2 aromatic carbocycles. The van der Waals surface area contributed by atoms with Crippen LogP contribution in [-0.4, -0.2) is 15.2 Å². The predicted molar refractivity (Wildman–Crippen MR) is 162 cm³/mol. The van der Waals surface area contributed by atoms with Crippen molar-refractivity contribution < 1.29 is 9.47 Å². The molecule has 0 spiro atoms. The highest BCUT2D eigenvalue weighted by Gasteiger charge is 2.15. The summed E-state index contributed by atoms with van der Waals surface area (Å²) >= 11 is 0. The van der Waals surface area contributed by atoms with Crippen molar-refractivity contribution >= 4 is 35.5 Å². The van der Waals surface area contributed by atoms with Crippen LogP contribution in [0.25, 0.3) is 46.7 Å². The van der Waals surface area contributed by atoms with Crippen LogP contribution in [0.1, 0.15) is 33.6 Å². The minimum absolute atomic E-state index is 0.680. The molecule has 192 valence electrons. The van der Waals surface area contributed by atoms with Gasteiger partial charge in [0.1, 0.15) is 17.2 Å². The maximum atomic E-state index is 5.92. The van der Waals surface area contributed by atoms with Crippen LogP contribution in [0, 0.1) is 0 Å². The number of ether oxygens (including phenoxy) is 2. The van der Waals surface area contributed by atoms with Crippen LogP contribution in [-0.2, 0) is 9.47 Å². The lowest BCUT2D eigenvalue weighted by Crippen LogP contribution is -1.89. The van der Waals surface area contributed by atoms with Crippen molar-refractivity contribution in [2.24, 2.45) is 0 Å². The Hall–Kier alpha value is -5.55. The first-order valence-corrected chi connectivity index (χ1v) is 12.8. The van der Waals surface area contributed by atoms with Gasteiger partial charge in [0.05, 0.1) is 30.1 Å². The highest BCUT2D eigenvalue weighted by molar-refractivity contribution is 5.85. The van der Waals surface area contributed by atoms with Gasteiger partial charge in [-0.25, -0.2) is 0 Å². The monoisotopic (exact) mass is 519 g/mol. The topological polar surface area (TPSA) is 57.1 Å². The highest BCUT2D eigenvalue weighted by Crippen LogP contribution is 2.31. The normalized spacial score (nSPS) is 14.5. The zero-order chi connectivity index (χ0) is 27.3. The SMILES string of the molecule is C=CC1=C(/C=C/c2ccc3c(/C=C/C4=C(C=C)c5ccccc5C=CO4)nnc-3cn2)OC=Cc2ccccc21. The fraction of sp³-hybridized carbons (Fsp3) is 0. The molecule has 0 aromatic heterocycles. The van der Waals surface area contributed by atoms with Crippen LogP contribution in [0.3, 0.4) is 0 Å². The van der Waals surface area contributed by atoms with Crippen molar-refractivity contribution in [2.45, 2.75) is 0 Å². The van der Waals surface area contributed by atoms with Crippen LogP contribution < -0.4 is 0 Å². The van der Waals surface area contributed by atoms with Gasteiger partial charge in [0.25, 0.3) is 0 Å². The Labute approximate surface area is 233 Å². The molecule has 0 radical (unpaired) electrons. The second kappa shape index (κ2) is 11.1. The molecule has 0 unspecified atom stereocenters. The van der Waals surface area contributed by atoms with Crippen LogP contribution >= 0.6 is 0 Å². The lowest BCUT2D eigenvalue weighted by atomic mass is 9.98. The average molecular weight is 520 g/mol. The van der Waals surface area contributed by atoms with E-state index in [9.17, 15) is 0 Å². The van der Waals surface area contributed by atoms with Crippen LogP contribution in [0.4, 0.5) is 0 Å². The van der Waals surface area contributed by atoms with E-state index in [0.29, 0.717) is 17.2 Å². The first-order chi connectivity index (χ1) is 19.7. The molecular weight excluding hydrogens is 494 g/mol. The number of fused-ring (bicyclic) bond motifs is 3. The Morgan fingerprint density at radius 2 is 1.20 bits per heavy atom. The summed E-state index contributed by atoms with van der Waals surface area (Å²) in [5, 5.41) is 8.70. The average Bonchev–Trinajstić information content (AvgIpc) is 3.12. The van der Waals surface area contributed by atoms with Gasteiger partial charge in [-0.15, -0.1) is 10.2 Å². The van der Waals surface area contributed by atoms with Gasteiger partial charge in [0, 0.05) is 16.7 Å². The Balaban J connectivity index is 1.31. The van der Waals surface area contributed by atoms with E-state index in [0.717, 1.165) is 50.4 Å². The number of nitrogens with zero attached hydrogens (tertiary/aromatic N) is 3. The highest BCUT2D eigenvalue weighted by atomic mass is 16.5. The van der Waals surface area contributed by atoms with Crippen LogP contribution in [0.5, 0.6) is 0 Å². The number of hydrogen-bond donors (Lipinski definition) is 0. The molecule has 0 bridgehead atoms. The van der Waals surface area contributed by atoms with Crippen molar-refractivity contribution in [3.05, 3.63) is 162 Å². The quantitative estimate of drug-likeness (QED) is 0.257. The van der Waals surface area contributed by atoms with Gasteiger partial charge < -0.3 is 9.47 Å². The molecule has 2 aromatic rings. The molecule has 5 nitrogen and oxygen atoms in total. The van der Waals surface area contributed by atoms with Crippen molar-refractivity contribution in [3.8, 4) is 11.3 Å². The summed E-state index contributed by atoms with van der Waals surface area (Å²) in [6, 6.07) is 20.1. The van der Waals surface area contributed by atoms with E-state index in [4.69, 9.17) is 9.47 Å². The van der Waals surface area contributed by atoms with Crippen molar-refractivity contribution in [3.63, 3.8) is 0 Å². The summed E-state index contributed by atoms with van der Waals surface area (Å²) in [7, 11) is 0. The van der Waals surface area contributed by atoms with Gasteiger partial charge >= 0.3 is 0 Å². The summed E-state index contributed by atoms with van der Waals surface area (Å²) in [4.78, 5) is 4.61. The molecule has 0 amide bonds. The van der Waals surface area contributed by atoms with Crippen LogP contribution in [0.2, 0.25) is 0 Å². The molecule has 0 N–H and O–H groups in total. The molecule has 4 heterocycles. The van der Waals surface area contributed by atoms with E-state index >= 15 is 0 Å². The van der Waals surface area contributed by atoms with Gasteiger partial charge in [-0.3, -0.25) is 4.98 Å². The van der Waals surface area contributed by atoms with Gasteiger partial charge in [-0.05, 0) is 70.8 Å². The largest absolute Gasteiger partial charge is 0.464 e. The summed E-state index contributed by atoms with van der Waals surface area (Å²) in [5.74, 6) is 1.37. The zero-order valence-electron chi connectivity index (χ0n) is 21.7. The van der Waals surface area contributed by atoms with Gasteiger partial charge in [-0.1, -0.05) is 73.8 Å². The van der Waals surface area contributed by atoms with Gasteiger partial charge in [0.15, 0.2) is 0 Å². The molecule has 40 heavy (non-hydrogen) atoms. The van der Waals surface area contributed by atoms with Crippen molar-refractivity contribution in [1.29, 1.82) is 0 Å². The molecular formula is C35H25N3O2. The number of benzene rings is 2. The Morgan fingerprint density at radius 3 is 1.82 bits per heavy atom. The lowest BCUT2D eigenvalue weighted by molar-refractivity contribution is 0.375. The molecule has 5 heteroatoms. The molecule has 4 aliphatic rings. The molecule has 0 saturated carbocycles. The minimum atomic E-state index is 0.680. The second-order valence-electron chi connectivity index (χ2n) is 9.05. The summed E-state index contributed by atoms with van der Waals surface area (Å²) in [5.41, 5.74) is 9.13. The Morgan fingerprint density at radius 1 is 0.600 bits per heavy atom. The molecule has 4 aliphatic heterocycles. The molecule has 0 saturated heterocycles. The van der Waals surface area contributed by atoms with E-state index < -0.39 is 0 Å². The molecule has 0 aliphatic carbocycles. The predicted octanol–water partition coefficient (Wildman–Crippen LogP) is 8.20. The van der Waals surface area contributed by atoms with Crippen LogP contribution in [0.15, 0.2) is 128 Å². The summed E-state index contributed by atoms with van der Waals surface area (Å²) < 4.78 is 11.8. The third kappa shape index (κ3) is 4.84. The minimum Gasteiger partial charge on any atom is -0.464 e. The van der Waals surface area contributed by atoms with E-state index in [1.54, 1.807) is 18.7 Å². The smallest absolute Gasteiger partial charge is 0.134 e. The number of hydrogen-bond acceptors (Lipinski definition) is 5. The zero-order valence-corrected chi connectivity index (χ0v) is 21.7. The number of aromatic nitrogens is 3. The Kier molecular flexibility index (Phi) is 6.84. The molecule has 6 rings (SSSR count). The maximum Gasteiger partial charge on any atom is 0.134 e. The van der Waals surface area contributed by atoms with Crippen molar-refractivity contribution in [2.75, 3.05) is 0 Å². The first kappa shape index (κ1) is 24.8. The van der Waals surface area contributed by atoms with E-state index in [-0.39, 0.29) is 0 Å². The fourth-order valence-electron chi connectivity index (χ4n) is 4.71. The van der Waals surface area contributed by atoms with E-state index in [2.05, 4.69) is 46.5 Å². The fourth-order valence-corrected chi connectivity index (χ4v) is 4.71. The van der Waals surface area contributed by atoms with E-state index in [1.165, 1.54) is 0 Å². The van der Waals surface area contributed by atoms with Crippen molar-refractivity contribution in [1.82, 2.24) is 15.2 Å². The number of rotatable bonds is 6. The molecule has 0 atom stereocenters. The van der Waals surface area contributed by atoms with Gasteiger partial charge in [0.2, 0.25) is 0 Å². The van der Waals surface area contributed by atoms with Gasteiger partial charge in [-0.2, -0.15) is 0 Å². The first-order valence-electron chi connectivity index (χ1n) is 12.8. The molecule has 0 fully saturated rings. The summed E-state index contributed by atoms with van der Waals surface area (Å²) in [6.07, 6.45) is 20.2. The third-order valence-corrected chi connectivity index (χ3v) is 6.70. The standard InChI is InChI=1S/C35H25N3O2/c1-3-27-29-11-7-5-9-24(29)19-21-39-34(27)17-14-26-13-15-31-32(37-38-33(31)23-36-26)16-18-35-28(4-2)30-12-8-6-10-25(30)20-22-40-35/h3-23H,1-2H2/b17-14+,18-16+. The van der Waals surface area contributed by atoms with E-state index in [1.807, 2.05) is 91.1 Å². The third-order valence-electron chi connectivity index (χ3n) is 6.70. The Bertz CT molecular complexity index is 1790. The maximum absolute atomic E-state index is 5.92. The lowest BCUT2D eigenvalue weighted by Gasteiger charge is -2.08. The number of allylic oxidation sites excluding steroid dienone is 6. The summed E-state index contributed by atoms with van der Waals surface area (Å²) in [6.45, 7) is 8.00. The second-order valence-corrected chi connectivity index (χ2v) is 9.05.